The minimum atomic E-state index is -0.668. The van der Waals surface area contributed by atoms with Crippen LogP contribution >= 0.6 is 0 Å². The van der Waals surface area contributed by atoms with Crippen molar-refractivity contribution in [1.29, 1.82) is 0 Å². The smallest absolute Gasteiger partial charge is 0.323 e. The Hall–Kier alpha value is -4.20. The van der Waals surface area contributed by atoms with E-state index in [4.69, 9.17) is 4.74 Å². The van der Waals surface area contributed by atoms with Crippen molar-refractivity contribution in [2.45, 2.75) is 11.8 Å². The number of hydrogen-bond donors (Lipinski definition) is 2. The number of phenolic OH excluding ortho intramolecular Hbond substituents is 1. The van der Waals surface area contributed by atoms with Gasteiger partial charge in [0.1, 0.15) is 0 Å². The van der Waals surface area contributed by atoms with Crippen molar-refractivity contribution in [3.63, 3.8) is 0 Å². The van der Waals surface area contributed by atoms with Crippen LogP contribution in [-0.2, 0) is 10.2 Å². The topological polar surface area (TPSA) is 114 Å². The van der Waals surface area contributed by atoms with Gasteiger partial charge in [-0.05, 0) is 29.7 Å². The first kappa shape index (κ1) is 21.0. The van der Waals surface area contributed by atoms with Crippen LogP contribution in [0.2, 0.25) is 0 Å². The number of carbonyl (C=O) groups excluding carboxylic acids is 1. The normalized spacial score (nSPS) is 16.5. The van der Waals surface area contributed by atoms with Crippen molar-refractivity contribution in [2.75, 3.05) is 7.11 Å². The number of nitrogens with one attached hydrogen (secondary N) is 1. The van der Waals surface area contributed by atoms with Crippen molar-refractivity contribution in [1.82, 2.24) is 5.43 Å². The summed E-state index contributed by atoms with van der Waals surface area (Å²) in [5.74, 6) is -1.22. The highest BCUT2D eigenvalue weighted by atomic mass is 16.6. The molecule has 0 unspecified atom stereocenters. The van der Waals surface area contributed by atoms with Gasteiger partial charge in [0.05, 0.1) is 29.7 Å². The fourth-order valence-corrected chi connectivity index (χ4v) is 4.17. The van der Waals surface area contributed by atoms with Crippen LogP contribution in [0, 0.1) is 16.0 Å². The lowest BCUT2D eigenvalue weighted by Crippen LogP contribution is -2.25. The van der Waals surface area contributed by atoms with Crippen molar-refractivity contribution < 1.29 is 19.6 Å². The van der Waals surface area contributed by atoms with Crippen molar-refractivity contribution in [3.05, 3.63) is 99.6 Å². The molecule has 8 nitrogen and oxygen atoms in total. The third-order valence-corrected chi connectivity index (χ3v) is 5.76. The molecule has 2 N–H and O–H groups in total. The zero-order chi connectivity index (χ0) is 22.7. The number of nitro benzene ring substituents is 1. The summed E-state index contributed by atoms with van der Waals surface area (Å²) in [6, 6.07) is 22.3. The Morgan fingerprint density at radius 3 is 2.25 bits per heavy atom. The molecule has 4 rings (SSSR count). The minimum absolute atomic E-state index is 0.0955. The fraction of sp³-hybridized carbons (Fsp3) is 0.167. The molecule has 0 spiro atoms. The van der Waals surface area contributed by atoms with Crippen LogP contribution in [0.15, 0.2) is 77.9 Å². The molecule has 1 aliphatic carbocycles. The summed E-state index contributed by atoms with van der Waals surface area (Å²) in [4.78, 5) is 23.7. The Bertz CT molecular complexity index is 1140. The molecular weight excluding hydrogens is 410 g/mol. The summed E-state index contributed by atoms with van der Waals surface area (Å²) in [6.45, 7) is 0. The van der Waals surface area contributed by atoms with Gasteiger partial charge in [-0.15, -0.1) is 0 Å². The average Bonchev–Trinajstić information content (AvgIpc) is 3.58. The third kappa shape index (κ3) is 3.66. The molecule has 3 aromatic carbocycles. The first-order valence-electron chi connectivity index (χ1n) is 9.97. The van der Waals surface area contributed by atoms with Crippen LogP contribution in [0.1, 0.15) is 23.1 Å². The average molecular weight is 431 g/mol. The van der Waals surface area contributed by atoms with Crippen LogP contribution in [0.5, 0.6) is 11.5 Å². The molecule has 162 valence electrons. The number of ether oxygens (including phenoxy) is 1. The number of methoxy groups -OCH3 is 1. The standard InChI is InChI=1S/C24H21N3O5/c1-32-22-20(28)13-12-16(21(22)27(30)31)15-25-26-23(29)19-14-24(19,17-8-4-2-5-9-17)18-10-6-3-7-11-18/h2-13,15,19,28H,14H2,1H3,(H,26,29)/b25-15-/t19-/m0/s1. The van der Waals surface area contributed by atoms with E-state index in [1.54, 1.807) is 0 Å². The summed E-state index contributed by atoms with van der Waals surface area (Å²) >= 11 is 0. The summed E-state index contributed by atoms with van der Waals surface area (Å²) < 4.78 is 4.94. The van der Waals surface area contributed by atoms with E-state index in [2.05, 4.69) is 10.5 Å². The van der Waals surface area contributed by atoms with Gasteiger partial charge in [0.15, 0.2) is 5.75 Å². The highest BCUT2D eigenvalue weighted by Crippen LogP contribution is 2.58. The number of carbonyl (C=O) groups is 1. The van der Waals surface area contributed by atoms with Crippen molar-refractivity contribution in [3.8, 4) is 11.5 Å². The van der Waals surface area contributed by atoms with Gasteiger partial charge in [-0.2, -0.15) is 5.10 Å². The SMILES string of the molecule is COc1c(O)ccc(/C=N\NC(=O)[C@@H]2CC2(c2ccccc2)c2ccccc2)c1[N+](=O)[O-]. The highest BCUT2D eigenvalue weighted by Gasteiger charge is 2.60. The molecule has 1 saturated carbocycles. The third-order valence-electron chi connectivity index (χ3n) is 5.76. The quantitative estimate of drug-likeness (QED) is 0.336. The first-order chi connectivity index (χ1) is 15.5. The van der Waals surface area contributed by atoms with E-state index < -0.39 is 16.0 Å². The van der Waals surface area contributed by atoms with Crippen LogP contribution in [0.25, 0.3) is 0 Å². The van der Waals surface area contributed by atoms with E-state index in [1.807, 2.05) is 60.7 Å². The maximum atomic E-state index is 12.9. The molecule has 3 aromatic rings. The van der Waals surface area contributed by atoms with Crippen LogP contribution in [0.3, 0.4) is 0 Å². The van der Waals surface area contributed by atoms with E-state index in [-0.39, 0.29) is 28.9 Å². The summed E-state index contributed by atoms with van der Waals surface area (Å²) in [5.41, 5.74) is 3.84. The van der Waals surface area contributed by atoms with E-state index in [0.29, 0.717) is 6.42 Å². The second-order valence-corrected chi connectivity index (χ2v) is 7.51. The van der Waals surface area contributed by atoms with Crippen LogP contribution in [-0.4, -0.2) is 29.3 Å². The molecule has 0 bridgehead atoms. The Kier molecular flexibility index (Phi) is 5.59. The maximum Gasteiger partial charge on any atom is 0.323 e. The molecule has 0 saturated heterocycles. The number of hydrazone groups is 1. The van der Waals surface area contributed by atoms with Crippen molar-refractivity contribution in [2.24, 2.45) is 11.0 Å². The molecule has 1 amide bonds. The molecule has 0 heterocycles. The van der Waals surface area contributed by atoms with Gasteiger partial charge in [-0.1, -0.05) is 60.7 Å². The van der Waals surface area contributed by atoms with Crippen LogP contribution < -0.4 is 10.2 Å². The monoisotopic (exact) mass is 431 g/mol. The van der Waals surface area contributed by atoms with Gasteiger partial charge in [0, 0.05) is 5.41 Å². The lowest BCUT2D eigenvalue weighted by molar-refractivity contribution is -0.386. The lowest BCUT2D eigenvalue weighted by Gasteiger charge is -2.18. The maximum absolute atomic E-state index is 12.9. The molecule has 8 heteroatoms. The molecule has 0 aromatic heterocycles. The predicted octanol–water partition coefficient (Wildman–Crippen LogP) is 3.77. The number of nitrogens with zero attached hydrogens (tertiary/aromatic N) is 2. The van der Waals surface area contributed by atoms with E-state index in [0.717, 1.165) is 11.1 Å². The molecule has 1 aliphatic rings. The number of phenols is 1. The van der Waals surface area contributed by atoms with Gasteiger partial charge in [0.2, 0.25) is 11.7 Å². The Morgan fingerprint density at radius 1 is 1.12 bits per heavy atom. The highest BCUT2D eigenvalue weighted by molar-refractivity contribution is 5.90. The van der Waals surface area contributed by atoms with Gasteiger partial charge in [0.25, 0.3) is 0 Å². The van der Waals surface area contributed by atoms with E-state index >= 15 is 0 Å². The zero-order valence-corrected chi connectivity index (χ0v) is 17.3. The summed E-state index contributed by atoms with van der Waals surface area (Å²) in [5, 5.41) is 25.2. The molecule has 32 heavy (non-hydrogen) atoms. The molecule has 0 radical (unpaired) electrons. The lowest BCUT2D eigenvalue weighted by atomic mass is 9.85. The number of amides is 1. The summed E-state index contributed by atoms with van der Waals surface area (Å²) in [7, 11) is 1.23. The summed E-state index contributed by atoms with van der Waals surface area (Å²) in [6.07, 6.45) is 1.81. The molecule has 1 fully saturated rings. The molecular formula is C24H21N3O5. The largest absolute Gasteiger partial charge is 0.504 e. The molecule has 0 aliphatic heterocycles. The Balaban J connectivity index is 1.57. The van der Waals surface area contributed by atoms with E-state index in [9.17, 15) is 20.0 Å². The van der Waals surface area contributed by atoms with Gasteiger partial charge in [-0.25, -0.2) is 5.43 Å². The predicted molar refractivity (Wildman–Crippen MR) is 119 cm³/mol. The minimum Gasteiger partial charge on any atom is -0.504 e. The molecule has 1 atom stereocenters. The second kappa shape index (κ2) is 8.50. The van der Waals surface area contributed by atoms with Gasteiger partial charge < -0.3 is 9.84 Å². The number of benzene rings is 3. The fourth-order valence-electron chi connectivity index (χ4n) is 4.17. The number of nitro groups is 1. The second-order valence-electron chi connectivity index (χ2n) is 7.51. The number of aromatic hydroxyl groups is 1. The van der Waals surface area contributed by atoms with Crippen molar-refractivity contribution >= 4 is 17.8 Å². The van der Waals surface area contributed by atoms with E-state index in [1.165, 1.54) is 25.5 Å². The van der Waals surface area contributed by atoms with Gasteiger partial charge >= 0.3 is 5.69 Å². The number of rotatable bonds is 7. The van der Waals surface area contributed by atoms with Gasteiger partial charge in [-0.3, -0.25) is 14.9 Å². The zero-order valence-electron chi connectivity index (χ0n) is 17.3. The van der Waals surface area contributed by atoms with Crippen LogP contribution in [0.4, 0.5) is 5.69 Å². The number of hydrogen-bond acceptors (Lipinski definition) is 6. The Morgan fingerprint density at radius 2 is 1.72 bits per heavy atom. The Labute approximate surface area is 184 Å². The first-order valence-corrected chi connectivity index (χ1v) is 9.97.